The number of ether oxygens (including phenoxy) is 2. The van der Waals surface area contributed by atoms with Gasteiger partial charge in [-0.15, -0.1) is 0 Å². The Balaban J connectivity index is 3.02. The van der Waals surface area contributed by atoms with Crippen LogP contribution in [0.25, 0.3) is 0 Å². The fraction of sp³-hybridized carbons (Fsp3) is 0.550. The van der Waals surface area contributed by atoms with Gasteiger partial charge in [-0.25, -0.2) is 9.59 Å². The summed E-state index contributed by atoms with van der Waals surface area (Å²) in [6, 6.07) is 7.29. The van der Waals surface area contributed by atoms with E-state index in [2.05, 4.69) is 23.3 Å². The molecule has 0 saturated carbocycles. The number of benzene rings is 1. The molecule has 7 nitrogen and oxygen atoms in total. The van der Waals surface area contributed by atoms with Crippen LogP contribution >= 0.6 is 12.6 Å². The van der Waals surface area contributed by atoms with Gasteiger partial charge in [-0.2, -0.15) is 12.6 Å². The third-order valence-electron chi connectivity index (χ3n) is 3.72. The fourth-order valence-corrected chi connectivity index (χ4v) is 2.56. The van der Waals surface area contributed by atoms with Gasteiger partial charge in [0, 0.05) is 11.2 Å². The quantitative estimate of drug-likeness (QED) is 0.474. The lowest BCUT2D eigenvalue weighted by molar-refractivity contribution is -0.146. The lowest BCUT2D eigenvalue weighted by atomic mass is 10.0. The van der Waals surface area contributed by atoms with Crippen LogP contribution in [-0.4, -0.2) is 47.5 Å². The predicted octanol–water partition coefficient (Wildman–Crippen LogP) is 2.49. The molecule has 2 atom stereocenters. The molecule has 1 aromatic carbocycles. The first-order valence-corrected chi connectivity index (χ1v) is 9.42. The number of thiol groups is 1. The van der Waals surface area contributed by atoms with Gasteiger partial charge in [-0.05, 0) is 40.2 Å². The van der Waals surface area contributed by atoms with Crippen molar-refractivity contribution in [1.82, 2.24) is 10.6 Å². The number of hydrogen-bond donors (Lipinski definition) is 3. The van der Waals surface area contributed by atoms with Crippen LogP contribution in [0.1, 0.15) is 40.2 Å². The molecule has 0 spiro atoms. The zero-order valence-corrected chi connectivity index (χ0v) is 18.1. The van der Waals surface area contributed by atoms with Gasteiger partial charge < -0.3 is 20.1 Å². The second kappa shape index (κ2) is 9.82. The lowest BCUT2D eigenvalue weighted by Crippen LogP contribution is -2.58. The Labute approximate surface area is 172 Å². The number of esters is 1. The zero-order valence-electron chi connectivity index (χ0n) is 17.2. The monoisotopic (exact) mass is 410 g/mol. The molecule has 0 aliphatic rings. The molecule has 1 rings (SSSR count). The molecule has 0 bridgehead atoms. The summed E-state index contributed by atoms with van der Waals surface area (Å²) < 4.78 is 9.16. The minimum atomic E-state index is -0.993. The molecule has 0 unspecified atom stereocenters. The topological polar surface area (TPSA) is 93.7 Å². The Morgan fingerprint density at radius 1 is 1.04 bits per heavy atom. The predicted molar refractivity (Wildman–Crippen MR) is 110 cm³/mol. The van der Waals surface area contributed by atoms with E-state index in [-0.39, 0.29) is 6.42 Å². The average Bonchev–Trinajstić information content (AvgIpc) is 2.56. The summed E-state index contributed by atoms with van der Waals surface area (Å²) in [5.74, 6) is -1.16. The van der Waals surface area contributed by atoms with Crippen LogP contribution in [0.3, 0.4) is 0 Å². The molecule has 0 saturated heterocycles. The lowest BCUT2D eigenvalue weighted by Gasteiger charge is -2.30. The van der Waals surface area contributed by atoms with Crippen molar-refractivity contribution in [3.63, 3.8) is 0 Å². The first-order valence-electron chi connectivity index (χ1n) is 8.97. The molecule has 28 heavy (non-hydrogen) atoms. The number of rotatable bonds is 7. The Morgan fingerprint density at radius 3 is 2.07 bits per heavy atom. The smallest absolute Gasteiger partial charge is 0.408 e. The van der Waals surface area contributed by atoms with Crippen molar-refractivity contribution >= 4 is 30.6 Å². The number of carbonyl (C=O) groups is 3. The molecule has 2 amide bonds. The number of carbonyl (C=O) groups excluding carboxylic acids is 3. The van der Waals surface area contributed by atoms with Crippen molar-refractivity contribution in [1.29, 1.82) is 0 Å². The van der Waals surface area contributed by atoms with Crippen molar-refractivity contribution in [2.24, 2.45) is 0 Å². The van der Waals surface area contributed by atoms with Crippen LogP contribution in [-0.2, 0) is 25.5 Å². The highest BCUT2D eigenvalue weighted by atomic mass is 32.1. The Bertz CT molecular complexity index is 680. The highest BCUT2D eigenvalue weighted by molar-refractivity contribution is 7.81. The SMILES string of the molecule is COC(=O)[C@H](NC(=O)[C@H](Cc1ccccc1)NC(=O)OC(C)(C)C)C(C)(C)S. The second-order valence-electron chi connectivity index (χ2n) is 8.01. The first kappa shape index (κ1) is 23.8. The van der Waals surface area contributed by atoms with Gasteiger partial charge in [0.1, 0.15) is 17.7 Å². The van der Waals surface area contributed by atoms with E-state index in [1.165, 1.54) is 7.11 Å². The van der Waals surface area contributed by atoms with E-state index >= 15 is 0 Å². The number of methoxy groups -OCH3 is 1. The standard InChI is InChI=1S/C20H30N2O5S/c1-19(2,3)27-18(25)21-14(12-13-10-8-7-9-11-13)16(23)22-15(17(24)26-6)20(4,5)28/h7-11,14-15,28H,12H2,1-6H3,(H,21,25)(H,22,23)/t14-,15-/m0/s1. The van der Waals surface area contributed by atoms with Crippen LogP contribution in [0, 0.1) is 0 Å². The van der Waals surface area contributed by atoms with Crippen molar-refractivity contribution in [2.45, 2.75) is 63.5 Å². The van der Waals surface area contributed by atoms with Gasteiger partial charge >= 0.3 is 12.1 Å². The van der Waals surface area contributed by atoms with E-state index in [4.69, 9.17) is 9.47 Å². The number of amides is 2. The van der Waals surface area contributed by atoms with E-state index < -0.39 is 40.4 Å². The maximum atomic E-state index is 12.9. The normalized spacial score (nSPS) is 13.8. The molecule has 0 fully saturated rings. The van der Waals surface area contributed by atoms with E-state index in [1.54, 1.807) is 34.6 Å². The van der Waals surface area contributed by atoms with Gasteiger partial charge in [0.15, 0.2) is 0 Å². The van der Waals surface area contributed by atoms with Crippen LogP contribution in [0.4, 0.5) is 4.79 Å². The van der Waals surface area contributed by atoms with Crippen molar-refractivity contribution < 1.29 is 23.9 Å². The van der Waals surface area contributed by atoms with Crippen molar-refractivity contribution in [2.75, 3.05) is 7.11 Å². The molecule has 0 aliphatic heterocycles. The number of hydrogen-bond acceptors (Lipinski definition) is 6. The molecule has 0 aliphatic carbocycles. The van der Waals surface area contributed by atoms with Gasteiger partial charge in [-0.3, -0.25) is 4.79 Å². The molecule has 1 aromatic rings. The molecular weight excluding hydrogens is 380 g/mol. The fourth-order valence-electron chi connectivity index (χ4n) is 2.39. The first-order chi connectivity index (χ1) is 12.8. The third kappa shape index (κ3) is 8.21. The third-order valence-corrected chi connectivity index (χ3v) is 3.98. The molecule has 0 aromatic heterocycles. The molecule has 0 radical (unpaired) electrons. The second-order valence-corrected chi connectivity index (χ2v) is 9.16. The summed E-state index contributed by atoms with van der Waals surface area (Å²) >= 11 is 4.38. The average molecular weight is 411 g/mol. The van der Waals surface area contributed by atoms with Gasteiger partial charge in [0.25, 0.3) is 0 Å². The minimum Gasteiger partial charge on any atom is -0.467 e. The van der Waals surface area contributed by atoms with Crippen LogP contribution in [0.5, 0.6) is 0 Å². The summed E-state index contributed by atoms with van der Waals surface area (Å²) in [4.78, 5) is 37.2. The summed E-state index contributed by atoms with van der Waals surface area (Å²) in [5, 5.41) is 5.22. The van der Waals surface area contributed by atoms with Gasteiger partial charge in [0.2, 0.25) is 5.91 Å². The summed E-state index contributed by atoms with van der Waals surface area (Å²) in [6.07, 6.45) is -0.490. The molecule has 8 heteroatoms. The van der Waals surface area contributed by atoms with E-state index in [0.717, 1.165) is 5.56 Å². The molecular formula is C20H30N2O5S. The molecule has 2 N–H and O–H groups in total. The maximum Gasteiger partial charge on any atom is 0.408 e. The highest BCUT2D eigenvalue weighted by Gasteiger charge is 2.36. The van der Waals surface area contributed by atoms with Crippen molar-refractivity contribution in [3.05, 3.63) is 35.9 Å². The number of alkyl carbamates (subject to hydrolysis) is 1. The largest absolute Gasteiger partial charge is 0.467 e. The van der Waals surface area contributed by atoms with Gasteiger partial charge in [0.05, 0.1) is 7.11 Å². The Hall–Kier alpha value is -2.22. The molecule has 0 heterocycles. The summed E-state index contributed by atoms with van der Waals surface area (Å²) in [6.45, 7) is 8.57. The molecule has 156 valence electrons. The van der Waals surface area contributed by atoms with Gasteiger partial charge in [-0.1, -0.05) is 30.3 Å². The van der Waals surface area contributed by atoms with E-state index in [9.17, 15) is 14.4 Å². The van der Waals surface area contributed by atoms with Crippen molar-refractivity contribution in [3.8, 4) is 0 Å². The van der Waals surface area contributed by atoms with E-state index in [1.807, 2.05) is 30.3 Å². The maximum absolute atomic E-state index is 12.9. The van der Waals surface area contributed by atoms with Crippen LogP contribution in [0.15, 0.2) is 30.3 Å². The van der Waals surface area contributed by atoms with Crippen LogP contribution < -0.4 is 10.6 Å². The number of nitrogens with one attached hydrogen (secondary N) is 2. The van der Waals surface area contributed by atoms with E-state index in [0.29, 0.717) is 0 Å². The highest BCUT2D eigenvalue weighted by Crippen LogP contribution is 2.19. The Kier molecular flexibility index (Phi) is 8.35. The van der Waals surface area contributed by atoms with Crippen LogP contribution in [0.2, 0.25) is 0 Å². The summed E-state index contributed by atoms with van der Waals surface area (Å²) in [5.41, 5.74) is 0.137. The minimum absolute atomic E-state index is 0.229. The summed E-state index contributed by atoms with van der Waals surface area (Å²) in [7, 11) is 1.24. The Morgan fingerprint density at radius 2 is 1.61 bits per heavy atom. The zero-order chi connectivity index (χ0) is 21.5.